The highest BCUT2D eigenvalue weighted by Gasteiger charge is 2.24. The number of benzene rings is 1. The van der Waals surface area contributed by atoms with Crippen molar-refractivity contribution in [3.63, 3.8) is 0 Å². The number of fused-ring (bicyclic) bond motifs is 1. The number of anilines is 1. The van der Waals surface area contributed by atoms with E-state index in [1.54, 1.807) is 25.1 Å². The van der Waals surface area contributed by atoms with Gasteiger partial charge in [-0.1, -0.05) is 0 Å². The van der Waals surface area contributed by atoms with E-state index in [1.807, 2.05) is 0 Å². The van der Waals surface area contributed by atoms with Crippen molar-refractivity contribution >= 4 is 35.2 Å². The molecule has 1 aromatic carbocycles. The molecule has 2 amide bonds. The van der Waals surface area contributed by atoms with E-state index in [0.29, 0.717) is 11.3 Å². The second-order valence-electron chi connectivity index (χ2n) is 4.73. The molecule has 0 bridgehead atoms. The molecule has 2 rings (SSSR count). The lowest BCUT2D eigenvalue weighted by atomic mass is 10.1. The largest absolute Gasteiger partial charge is 0.479 e. The predicted molar refractivity (Wildman–Crippen MR) is 81.2 cm³/mol. The quantitative estimate of drug-likeness (QED) is 0.745. The van der Waals surface area contributed by atoms with Crippen LogP contribution < -0.4 is 10.6 Å². The molecule has 118 valence electrons. The topological polar surface area (TPSA) is 105 Å². The predicted octanol–water partition coefficient (Wildman–Crippen LogP) is 0.949. The van der Waals surface area contributed by atoms with Gasteiger partial charge in [0.2, 0.25) is 5.91 Å². The zero-order valence-corrected chi connectivity index (χ0v) is 12.9. The number of rotatable bonds is 5. The summed E-state index contributed by atoms with van der Waals surface area (Å²) in [5.41, 5.74) is 0.928. The van der Waals surface area contributed by atoms with E-state index >= 15 is 0 Å². The average Bonchev–Trinajstić information content (AvgIpc) is 2.48. The van der Waals surface area contributed by atoms with Gasteiger partial charge in [0.05, 0.1) is 17.5 Å². The van der Waals surface area contributed by atoms with Crippen molar-refractivity contribution in [2.24, 2.45) is 0 Å². The number of amides is 2. The van der Waals surface area contributed by atoms with Crippen molar-refractivity contribution in [2.45, 2.75) is 23.2 Å². The second kappa shape index (κ2) is 6.80. The van der Waals surface area contributed by atoms with E-state index in [0.717, 1.165) is 4.90 Å². The Morgan fingerprint density at radius 2 is 2.23 bits per heavy atom. The van der Waals surface area contributed by atoms with Crippen LogP contribution in [0.25, 0.3) is 0 Å². The Morgan fingerprint density at radius 1 is 1.50 bits per heavy atom. The monoisotopic (exact) mass is 324 g/mol. The first-order chi connectivity index (χ1) is 10.4. The van der Waals surface area contributed by atoms with E-state index in [4.69, 9.17) is 9.84 Å². The minimum absolute atomic E-state index is 0.111. The molecule has 0 saturated carbocycles. The van der Waals surface area contributed by atoms with Gasteiger partial charge in [-0.15, -0.1) is 11.8 Å². The fourth-order valence-corrected chi connectivity index (χ4v) is 2.84. The van der Waals surface area contributed by atoms with Crippen LogP contribution in [0.15, 0.2) is 23.1 Å². The Labute approximate surface area is 131 Å². The summed E-state index contributed by atoms with van der Waals surface area (Å²) in [6.07, 6.45) is -1.10. The first-order valence-corrected chi connectivity index (χ1v) is 7.45. The van der Waals surface area contributed by atoms with Crippen molar-refractivity contribution in [3.05, 3.63) is 23.8 Å². The van der Waals surface area contributed by atoms with Crippen molar-refractivity contribution in [1.29, 1.82) is 0 Å². The van der Waals surface area contributed by atoms with Crippen LogP contribution in [0.1, 0.15) is 17.3 Å². The highest BCUT2D eigenvalue weighted by Crippen LogP contribution is 2.35. The average molecular weight is 324 g/mol. The molecule has 1 aliphatic heterocycles. The number of carbonyl (C=O) groups excluding carboxylic acids is 2. The van der Waals surface area contributed by atoms with Gasteiger partial charge >= 0.3 is 5.97 Å². The van der Waals surface area contributed by atoms with Crippen molar-refractivity contribution in [1.82, 2.24) is 5.32 Å². The molecule has 0 aliphatic carbocycles. The summed E-state index contributed by atoms with van der Waals surface area (Å²) in [7, 11) is 1.26. The summed E-state index contributed by atoms with van der Waals surface area (Å²) >= 11 is 1.42. The number of methoxy groups -OCH3 is 1. The minimum Gasteiger partial charge on any atom is -0.479 e. The van der Waals surface area contributed by atoms with Crippen LogP contribution >= 0.6 is 11.8 Å². The lowest BCUT2D eigenvalue weighted by Gasteiger charge is -2.21. The lowest BCUT2D eigenvalue weighted by Crippen LogP contribution is -2.37. The van der Waals surface area contributed by atoms with Crippen LogP contribution in [-0.2, 0) is 14.3 Å². The SMILES string of the molecule is COC(CNC(=O)c1ccc2c(c1)NC(=O)C(C)S2)C(=O)O. The smallest absolute Gasteiger partial charge is 0.334 e. The zero-order valence-electron chi connectivity index (χ0n) is 12.1. The number of carboxylic acids is 1. The molecule has 0 fully saturated rings. The maximum absolute atomic E-state index is 12.0. The first kappa shape index (κ1) is 16.3. The summed E-state index contributed by atoms with van der Waals surface area (Å²) in [4.78, 5) is 35.4. The molecule has 7 nitrogen and oxygen atoms in total. The number of nitrogens with one attached hydrogen (secondary N) is 2. The van der Waals surface area contributed by atoms with Crippen molar-refractivity contribution in [2.75, 3.05) is 19.0 Å². The van der Waals surface area contributed by atoms with Crippen LogP contribution in [0.2, 0.25) is 0 Å². The number of ether oxygens (including phenoxy) is 1. The van der Waals surface area contributed by atoms with Crippen LogP contribution in [-0.4, -0.2) is 47.9 Å². The standard InChI is InChI=1S/C14H16N2O5S/c1-7-12(17)16-9-5-8(3-4-11(9)22-7)13(18)15-6-10(21-2)14(19)20/h3-5,7,10H,6H2,1-2H3,(H,15,18)(H,16,17)(H,19,20). The molecule has 1 aromatic rings. The van der Waals surface area contributed by atoms with E-state index in [2.05, 4.69) is 10.6 Å². The molecule has 1 aliphatic rings. The lowest BCUT2D eigenvalue weighted by molar-refractivity contribution is -0.148. The summed E-state index contributed by atoms with van der Waals surface area (Å²) < 4.78 is 4.74. The number of carboxylic acid groups (broad SMARTS) is 1. The van der Waals surface area contributed by atoms with Gasteiger partial charge in [-0.05, 0) is 25.1 Å². The van der Waals surface area contributed by atoms with E-state index in [9.17, 15) is 14.4 Å². The van der Waals surface area contributed by atoms with Gasteiger partial charge in [0.1, 0.15) is 0 Å². The fraction of sp³-hybridized carbons (Fsp3) is 0.357. The maximum Gasteiger partial charge on any atom is 0.334 e. The Bertz CT molecular complexity index is 619. The van der Waals surface area contributed by atoms with E-state index < -0.39 is 18.0 Å². The van der Waals surface area contributed by atoms with Crippen LogP contribution in [0.4, 0.5) is 5.69 Å². The third kappa shape index (κ3) is 3.58. The number of hydrogen-bond donors (Lipinski definition) is 3. The van der Waals surface area contributed by atoms with Gasteiger partial charge in [-0.2, -0.15) is 0 Å². The first-order valence-electron chi connectivity index (χ1n) is 6.57. The minimum atomic E-state index is -1.15. The summed E-state index contributed by atoms with van der Waals surface area (Å²) in [6.45, 7) is 1.67. The molecule has 0 saturated heterocycles. The number of carbonyl (C=O) groups is 3. The van der Waals surface area contributed by atoms with Crippen LogP contribution in [0.3, 0.4) is 0 Å². The van der Waals surface area contributed by atoms with Gasteiger partial charge in [-0.25, -0.2) is 4.79 Å². The Morgan fingerprint density at radius 3 is 2.86 bits per heavy atom. The van der Waals surface area contributed by atoms with Gasteiger partial charge < -0.3 is 20.5 Å². The fourth-order valence-electron chi connectivity index (χ4n) is 1.91. The van der Waals surface area contributed by atoms with Crippen LogP contribution in [0.5, 0.6) is 0 Å². The van der Waals surface area contributed by atoms with E-state index in [1.165, 1.54) is 18.9 Å². The molecule has 22 heavy (non-hydrogen) atoms. The van der Waals surface area contributed by atoms with Crippen molar-refractivity contribution in [3.8, 4) is 0 Å². The highest BCUT2D eigenvalue weighted by atomic mass is 32.2. The molecule has 3 N–H and O–H groups in total. The molecule has 8 heteroatoms. The molecule has 2 unspecified atom stereocenters. The molecule has 2 atom stereocenters. The van der Waals surface area contributed by atoms with Gasteiger partial charge in [0, 0.05) is 17.6 Å². The molecule has 0 spiro atoms. The van der Waals surface area contributed by atoms with Crippen LogP contribution in [0, 0.1) is 0 Å². The Kier molecular flexibility index (Phi) is 5.04. The molecule has 0 radical (unpaired) electrons. The van der Waals surface area contributed by atoms with Gasteiger partial charge in [-0.3, -0.25) is 9.59 Å². The summed E-state index contributed by atoms with van der Waals surface area (Å²) in [6, 6.07) is 4.97. The van der Waals surface area contributed by atoms with Gasteiger partial charge in [0.25, 0.3) is 5.91 Å². The van der Waals surface area contributed by atoms with Gasteiger partial charge in [0.15, 0.2) is 6.10 Å². The summed E-state index contributed by atoms with van der Waals surface area (Å²) in [5.74, 6) is -1.68. The molecule has 1 heterocycles. The number of hydrogen-bond acceptors (Lipinski definition) is 5. The molecule has 0 aromatic heterocycles. The molecular formula is C14H16N2O5S. The Balaban J connectivity index is 2.07. The number of thioether (sulfide) groups is 1. The third-order valence-corrected chi connectivity index (χ3v) is 4.36. The summed E-state index contributed by atoms with van der Waals surface area (Å²) in [5, 5.41) is 13.9. The molecular weight excluding hydrogens is 308 g/mol. The third-order valence-electron chi connectivity index (χ3n) is 3.18. The maximum atomic E-state index is 12.0. The zero-order chi connectivity index (χ0) is 16.3. The normalized spacial score (nSPS) is 18.1. The highest BCUT2D eigenvalue weighted by molar-refractivity contribution is 8.00. The second-order valence-corrected chi connectivity index (χ2v) is 6.12. The number of aliphatic carboxylic acids is 1. The Hall–Kier alpha value is -2.06. The van der Waals surface area contributed by atoms with Crippen molar-refractivity contribution < 1.29 is 24.2 Å². The van der Waals surface area contributed by atoms with E-state index in [-0.39, 0.29) is 17.7 Å².